The second kappa shape index (κ2) is 7.19. The van der Waals surface area contributed by atoms with Crippen LogP contribution in [0.1, 0.15) is 47.9 Å². The predicted octanol–water partition coefficient (Wildman–Crippen LogP) is 1.25. The molecule has 1 aromatic rings. The third-order valence-electron chi connectivity index (χ3n) is 3.13. The lowest BCUT2D eigenvalue weighted by molar-refractivity contribution is -0.147. The molecule has 1 aromatic carbocycles. The first-order valence-corrected chi connectivity index (χ1v) is 6.64. The number of ketones is 1. The number of aromatic hydroxyl groups is 1. The van der Waals surface area contributed by atoms with Gasteiger partial charge in [-0.05, 0) is 44.0 Å². The Morgan fingerprint density at radius 1 is 1.29 bits per heavy atom. The van der Waals surface area contributed by atoms with Crippen LogP contribution in [-0.4, -0.2) is 39.8 Å². The number of hydrogen-bond donors (Lipinski definition) is 3. The Balaban J connectivity index is 2.97. The van der Waals surface area contributed by atoms with Gasteiger partial charge in [-0.2, -0.15) is 0 Å². The van der Waals surface area contributed by atoms with E-state index in [2.05, 4.69) is 0 Å². The van der Waals surface area contributed by atoms with Gasteiger partial charge in [0.2, 0.25) is 0 Å². The monoisotopic (exact) mass is 296 g/mol. The Labute approximate surface area is 123 Å². The molecule has 2 atom stereocenters. The molecule has 0 spiro atoms. The predicted molar refractivity (Wildman–Crippen MR) is 75.1 cm³/mol. The van der Waals surface area contributed by atoms with Gasteiger partial charge in [-0.15, -0.1) is 0 Å². The molecule has 1 rings (SSSR count). The summed E-state index contributed by atoms with van der Waals surface area (Å²) >= 11 is 0. The quantitative estimate of drug-likeness (QED) is 0.539. The molecule has 0 saturated heterocycles. The second-order valence-corrected chi connectivity index (χ2v) is 4.80. The van der Waals surface area contributed by atoms with Crippen molar-refractivity contribution in [3.05, 3.63) is 28.8 Å². The Morgan fingerprint density at radius 3 is 2.43 bits per heavy atom. The maximum absolute atomic E-state index is 11.3. The second-order valence-electron chi connectivity index (χ2n) is 4.80. The third kappa shape index (κ3) is 4.27. The summed E-state index contributed by atoms with van der Waals surface area (Å²) in [7, 11) is 0. The van der Waals surface area contributed by atoms with Gasteiger partial charge in [-0.3, -0.25) is 9.59 Å². The zero-order valence-electron chi connectivity index (χ0n) is 12.3. The number of phenols is 1. The van der Waals surface area contributed by atoms with Crippen LogP contribution in [0.25, 0.3) is 0 Å². The Morgan fingerprint density at radius 2 is 1.90 bits per heavy atom. The molecule has 21 heavy (non-hydrogen) atoms. The molecule has 0 aromatic heterocycles. The molecule has 0 radical (unpaired) electrons. The lowest BCUT2D eigenvalue weighted by atomic mass is 9.94. The SMILES string of the molecule is CCOC(=O)CC(O)C(O)c1cc(O)c(C(C)=O)cc1C. The van der Waals surface area contributed by atoms with Crippen molar-refractivity contribution in [2.24, 2.45) is 0 Å². The van der Waals surface area contributed by atoms with Gasteiger partial charge in [0, 0.05) is 0 Å². The standard InChI is InChI=1S/C15H20O6/c1-4-21-14(19)7-13(18)15(20)10-6-12(17)11(9(3)16)5-8(10)2/h5-6,13,15,17-18,20H,4,7H2,1-3H3. The highest BCUT2D eigenvalue weighted by molar-refractivity contribution is 5.97. The minimum absolute atomic E-state index is 0.142. The number of aryl methyl sites for hydroxylation is 1. The van der Waals surface area contributed by atoms with Crippen LogP contribution in [0.3, 0.4) is 0 Å². The summed E-state index contributed by atoms with van der Waals surface area (Å²) in [5, 5.41) is 29.7. The number of carbonyl (C=O) groups excluding carboxylic acids is 2. The van der Waals surface area contributed by atoms with Gasteiger partial charge in [-0.25, -0.2) is 0 Å². The van der Waals surface area contributed by atoms with E-state index in [0.717, 1.165) is 0 Å². The van der Waals surface area contributed by atoms with Crippen molar-refractivity contribution in [2.75, 3.05) is 6.61 Å². The first-order valence-electron chi connectivity index (χ1n) is 6.64. The van der Waals surface area contributed by atoms with Gasteiger partial charge < -0.3 is 20.1 Å². The molecule has 6 heteroatoms. The number of benzene rings is 1. The number of hydrogen-bond acceptors (Lipinski definition) is 6. The summed E-state index contributed by atoms with van der Waals surface area (Å²) in [6, 6.07) is 2.67. The first-order chi connectivity index (χ1) is 9.77. The van der Waals surface area contributed by atoms with Gasteiger partial charge in [0.15, 0.2) is 5.78 Å². The van der Waals surface area contributed by atoms with E-state index in [4.69, 9.17) is 4.74 Å². The fourth-order valence-corrected chi connectivity index (χ4v) is 2.02. The molecule has 2 unspecified atom stereocenters. The molecule has 0 aliphatic carbocycles. The van der Waals surface area contributed by atoms with Crippen LogP contribution in [0.15, 0.2) is 12.1 Å². The largest absolute Gasteiger partial charge is 0.507 e. The van der Waals surface area contributed by atoms with E-state index in [9.17, 15) is 24.9 Å². The Kier molecular flexibility index (Phi) is 5.87. The van der Waals surface area contributed by atoms with Crippen molar-refractivity contribution in [1.29, 1.82) is 0 Å². The molecule has 0 aliphatic heterocycles. The van der Waals surface area contributed by atoms with Crippen molar-refractivity contribution in [3.8, 4) is 5.75 Å². The Hall–Kier alpha value is -1.92. The van der Waals surface area contributed by atoms with Gasteiger partial charge in [-0.1, -0.05) is 0 Å². The summed E-state index contributed by atoms with van der Waals surface area (Å²) in [5.41, 5.74) is 0.936. The van der Waals surface area contributed by atoms with Gasteiger partial charge >= 0.3 is 5.97 Å². The summed E-state index contributed by atoms with van der Waals surface area (Å²) in [6.07, 6.45) is -3.07. The van der Waals surface area contributed by atoms with Gasteiger partial charge in [0.25, 0.3) is 0 Å². The number of phenolic OH excluding ortho intramolecular Hbond substituents is 1. The lowest BCUT2D eigenvalue weighted by Crippen LogP contribution is -2.23. The highest BCUT2D eigenvalue weighted by Gasteiger charge is 2.25. The van der Waals surface area contributed by atoms with E-state index in [-0.39, 0.29) is 35.7 Å². The van der Waals surface area contributed by atoms with Crippen LogP contribution >= 0.6 is 0 Å². The first kappa shape index (κ1) is 17.1. The van der Waals surface area contributed by atoms with Gasteiger partial charge in [0.05, 0.1) is 24.7 Å². The van der Waals surface area contributed by atoms with Crippen molar-refractivity contribution < 1.29 is 29.6 Å². The van der Waals surface area contributed by atoms with Crippen LogP contribution in [-0.2, 0) is 9.53 Å². The zero-order chi connectivity index (χ0) is 16.2. The minimum atomic E-state index is -1.36. The molecular formula is C15H20O6. The molecule has 0 amide bonds. The van der Waals surface area contributed by atoms with Crippen LogP contribution in [0.2, 0.25) is 0 Å². The number of ether oxygens (including phenoxy) is 1. The number of aliphatic hydroxyl groups is 2. The average Bonchev–Trinajstić information content (AvgIpc) is 2.39. The van der Waals surface area contributed by atoms with Crippen molar-refractivity contribution >= 4 is 11.8 Å². The van der Waals surface area contributed by atoms with Crippen LogP contribution in [0, 0.1) is 6.92 Å². The van der Waals surface area contributed by atoms with Crippen molar-refractivity contribution in [1.82, 2.24) is 0 Å². The number of esters is 1. The molecule has 0 bridgehead atoms. The molecule has 0 saturated carbocycles. The number of carbonyl (C=O) groups is 2. The molecule has 0 fully saturated rings. The lowest BCUT2D eigenvalue weighted by Gasteiger charge is -2.20. The summed E-state index contributed by atoms with van der Waals surface area (Å²) in [5.74, 6) is -1.19. The van der Waals surface area contributed by atoms with E-state index in [1.807, 2.05) is 0 Å². The Bertz CT molecular complexity index is 537. The molecule has 3 N–H and O–H groups in total. The zero-order valence-corrected chi connectivity index (χ0v) is 12.3. The summed E-state index contributed by atoms with van der Waals surface area (Å²) in [4.78, 5) is 22.6. The highest BCUT2D eigenvalue weighted by atomic mass is 16.5. The van der Waals surface area contributed by atoms with Crippen LogP contribution < -0.4 is 0 Å². The molecular weight excluding hydrogens is 276 g/mol. The molecule has 6 nitrogen and oxygen atoms in total. The number of rotatable bonds is 6. The van der Waals surface area contributed by atoms with Gasteiger partial charge in [0.1, 0.15) is 11.9 Å². The van der Waals surface area contributed by atoms with E-state index < -0.39 is 18.2 Å². The highest BCUT2D eigenvalue weighted by Crippen LogP contribution is 2.29. The van der Waals surface area contributed by atoms with Crippen molar-refractivity contribution in [3.63, 3.8) is 0 Å². The fourth-order valence-electron chi connectivity index (χ4n) is 2.02. The summed E-state index contributed by atoms with van der Waals surface area (Å²) < 4.78 is 4.70. The van der Waals surface area contributed by atoms with Crippen LogP contribution in [0.4, 0.5) is 0 Å². The van der Waals surface area contributed by atoms with E-state index in [0.29, 0.717) is 5.56 Å². The average molecular weight is 296 g/mol. The number of aliphatic hydroxyl groups excluding tert-OH is 2. The molecule has 0 aliphatic rings. The van der Waals surface area contributed by atoms with Crippen molar-refractivity contribution in [2.45, 2.75) is 39.4 Å². The third-order valence-corrected chi connectivity index (χ3v) is 3.13. The normalized spacial score (nSPS) is 13.6. The van der Waals surface area contributed by atoms with E-state index in [1.54, 1.807) is 13.8 Å². The van der Waals surface area contributed by atoms with Crippen LogP contribution in [0.5, 0.6) is 5.75 Å². The molecule has 0 heterocycles. The topological polar surface area (TPSA) is 104 Å². The fraction of sp³-hybridized carbons (Fsp3) is 0.467. The molecule has 116 valence electrons. The maximum atomic E-state index is 11.3. The number of Topliss-reactive ketones (excluding diaryl/α,β-unsaturated/α-hetero) is 1. The van der Waals surface area contributed by atoms with E-state index in [1.165, 1.54) is 19.1 Å². The minimum Gasteiger partial charge on any atom is -0.507 e. The van der Waals surface area contributed by atoms with E-state index >= 15 is 0 Å². The summed E-state index contributed by atoms with van der Waals surface area (Å²) in [6.45, 7) is 4.79. The smallest absolute Gasteiger partial charge is 0.308 e. The maximum Gasteiger partial charge on any atom is 0.308 e.